The van der Waals surface area contributed by atoms with E-state index >= 15 is 0 Å². The summed E-state index contributed by atoms with van der Waals surface area (Å²) in [6.07, 6.45) is 0. The second-order valence-corrected chi connectivity index (χ2v) is 4.96. The average molecular weight is 313 g/mol. The van der Waals surface area contributed by atoms with Gasteiger partial charge in [0.05, 0.1) is 5.69 Å². The van der Waals surface area contributed by atoms with Crippen LogP contribution in [0.15, 0.2) is 36.4 Å². The highest BCUT2D eigenvalue weighted by molar-refractivity contribution is 7.80. The summed E-state index contributed by atoms with van der Waals surface area (Å²) in [5.74, 6) is -0.818. The number of halogens is 3. The van der Waals surface area contributed by atoms with Crippen LogP contribution in [0.5, 0.6) is 0 Å². The van der Waals surface area contributed by atoms with Crippen molar-refractivity contribution in [3.63, 3.8) is 0 Å². The molecule has 0 aliphatic carbocycles. The van der Waals surface area contributed by atoms with E-state index in [2.05, 4.69) is 10.6 Å². The van der Waals surface area contributed by atoms with Crippen molar-refractivity contribution in [2.45, 2.75) is 6.92 Å². The molecule has 0 aliphatic rings. The number of thiocarbonyl (C=S) groups is 1. The predicted octanol–water partition coefficient (Wildman–Crippen LogP) is 4.74. The molecule has 2 N–H and O–H groups in total. The molecular formula is C14H11ClF2N2S. The molecule has 0 radical (unpaired) electrons. The fraction of sp³-hybridized carbons (Fsp3) is 0.0714. The summed E-state index contributed by atoms with van der Waals surface area (Å²) >= 11 is 10.9. The highest BCUT2D eigenvalue weighted by Gasteiger charge is 2.08. The number of rotatable bonds is 2. The molecule has 0 saturated carbocycles. The summed E-state index contributed by atoms with van der Waals surface area (Å²) in [7, 11) is 0. The third-order valence-electron chi connectivity index (χ3n) is 2.69. The van der Waals surface area contributed by atoms with Crippen LogP contribution in [0.1, 0.15) is 5.56 Å². The van der Waals surface area contributed by atoms with Gasteiger partial charge in [-0.15, -0.1) is 0 Å². The monoisotopic (exact) mass is 312 g/mol. The lowest BCUT2D eigenvalue weighted by molar-refractivity contribution is 0.619. The molecule has 0 unspecified atom stereocenters. The van der Waals surface area contributed by atoms with Gasteiger partial charge in [0, 0.05) is 16.3 Å². The zero-order valence-electron chi connectivity index (χ0n) is 10.5. The van der Waals surface area contributed by atoms with Crippen molar-refractivity contribution in [1.29, 1.82) is 0 Å². The SMILES string of the molecule is Cc1c(F)cccc1NC(=S)Nc1cc(Cl)ccc1F. The number of hydrogen-bond acceptors (Lipinski definition) is 1. The Morgan fingerprint density at radius 1 is 1.05 bits per heavy atom. The zero-order valence-corrected chi connectivity index (χ0v) is 12.1. The highest BCUT2D eigenvalue weighted by Crippen LogP contribution is 2.21. The molecule has 2 nitrogen and oxygen atoms in total. The zero-order chi connectivity index (χ0) is 14.7. The molecule has 2 rings (SSSR count). The third kappa shape index (κ3) is 3.43. The molecule has 2 aromatic rings. The minimum absolute atomic E-state index is 0.153. The van der Waals surface area contributed by atoms with E-state index in [4.69, 9.17) is 23.8 Å². The van der Waals surface area contributed by atoms with Crippen molar-refractivity contribution in [3.8, 4) is 0 Å². The molecule has 0 spiro atoms. The van der Waals surface area contributed by atoms with E-state index in [9.17, 15) is 8.78 Å². The molecule has 20 heavy (non-hydrogen) atoms. The molecule has 6 heteroatoms. The molecule has 0 saturated heterocycles. The lowest BCUT2D eigenvalue weighted by atomic mass is 10.2. The molecule has 2 aromatic carbocycles. The first-order valence-corrected chi connectivity index (χ1v) is 6.54. The van der Waals surface area contributed by atoms with E-state index in [0.717, 1.165) is 0 Å². The average Bonchev–Trinajstić information content (AvgIpc) is 2.39. The Labute approximate surface area is 125 Å². The second-order valence-electron chi connectivity index (χ2n) is 4.12. The fourth-order valence-electron chi connectivity index (χ4n) is 1.61. The molecule has 0 bridgehead atoms. The summed E-state index contributed by atoms with van der Waals surface area (Å²) < 4.78 is 26.9. The van der Waals surface area contributed by atoms with Gasteiger partial charge < -0.3 is 10.6 Å². The van der Waals surface area contributed by atoms with E-state index in [1.165, 1.54) is 24.3 Å². The molecule has 0 heterocycles. The largest absolute Gasteiger partial charge is 0.332 e. The van der Waals surface area contributed by atoms with Crippen molar-refractivity contribution in [2.24, 2.45) is 0 Å². The van der Waals surface area contributed by atoms with Crippen LogP contribution in [0.4, 0.5) is 20.2 Å². The summed E-state index contributed by atoms with van der Waals surface area (Å²) in [6.45, 7) is 1.63. The van der Waals surface area contributed by atoms with Crippen LogP contribution in [0.3, 0.4) is 0 Å². The Bertz CT molecular complexity index is 656. The van der Waals surface area contributed by atoms with Gasteiger partial charge in [0.25, 0.3) is 0 Å². The first-order chi connectivity index (χ1) is 9.47. The summed E-state index contributed by atoms with van der Waals surface area (Å²) in [4.78, 5) is 0. The van der Waals surface area contributed by atoms with Crippen molar-refractivity contribution >= 4 is 40.3 Å². The van der Waals surface area contributed by atoms with E-state index in [0.29, 0.717) is 16.3 Å². The number of anilines is 2. The van der Waals surface area contributed by atoms with E-state index in [1.807, 2.05) is 0 Å². The fourth-order valence-corrected chi connectivity index (χ4v) is 2.00. The Morgan fingerprint density at radius 3 is 2.50 bits per heavy atom. The van der Waals surface area contributed by atoms with Crippen molar-refractivity contribution in [1.82, 2.24) is 0 Å². The summed E-state index contributed by atoms with van der Waals surface area (Å²) in [6, 6.07) is 8.70. The van der Waals surface area contributed by atoms with Crippen LogP contribution in [0.2, 0.25) is 5.02 Å². The topological polar surface area (TPSA) is 24.1 Å². The quantitative estimate of drug-likeness (QED) is 0.784. The van der Waals surface area contributed by atoms with Crippen molar-refractivity contribution in [2.75, 3.05) is 10.6 Å². The Morgan fingerprint density at radius 2 is 1.75 bits per heavy atom. The van der Waals surface area contributed by atoms with Crippen LogP contribution >= 0.6 is 23.8 Å². The Kier molecular flexibility index (Phi) is 4.52. The summed E-state index contributed by atoms with van der Waals surface area (Å²) in [5, 5.41) is 6.04. The lowest BCUT2D eigenvalue weighted by Gasteiger charge is -2.13. The third-order valence-corrected chi connectivity index (χ3v) is 3.13. The molecule has 0 fully saturated rings. The molecule has 0 aliphatic heterocycles. The standard InChI is InChI=1S/C14H11ClF2N2S/c1-8-10(16)3-2-4-12(8)18-14(20)19-13-7-9(15)5-6-11(13)17/h2-7H,1H3,(H2,18,19,20). The Balaban J connectivity index is 2.13. The highest BCUT2D eigenvalue weighted by atomic mass is 35.5. The maximum atomic E-state index is 13.5. The lowest BCUT2D eigenvalue weighted by Crippen LogP contribution is -2.20. The van der Waals surface area contributed by atoms with E-state index in [1.54, 1.807) is 19.1 Å². The minimum Gasteiger partial charge on any atom is -0.332 e. The van der Waals surface area contributed by atoms with Gasteiger partial charge in [-0.3, -0.25) is 0 Å². The molecule has 0 atom stereocenters. The Hall–Kier alpha value is -1.72. The van der Waals surface area contributed by atoms with Gasteiger partial charge in [0.15, 0.2) is 5.11 Å². The molecule has 0 amide bonds. The van der Waals surface area contributed by atoms with Gasteiger partial charge in [-0.05, 0) is 49.5 Å². The van der Waals surface area contributed by atoms with Crippen molar-refractivity contribution in [3.05, 3.63) is 58.6 Å². The maximum absolute atomic E-state index is 13.5. The van der Waals surface area contributed by atoms with Gasteiger partial charge in [-0.2, -0.15) is 0 Å². The first-order valence-electron chi connectivity index (χ1n) is 5.75. The molecule has 104 valence electrons. The number of hydrogen-bond donors (Lipinski definition) is 2. The smallest absolute Gasteiger partial charge is 0.175 e. The van der Waals surface area contributed by atoms with Gasteiger partial charge in [-0.25, -0.2) is 8.78 Å². The van der Waals surface area contributed by atoms with Gasteiger partial charge in [0.1, 0.15) is 11.6 Å². The van der Waals surface area contributed by atoms with Crippen LogP contribution in [0, 0.1) is 18.6 Å². The van der Waals surface area contributed by atoms with Crippen LogP contribution in [-0.2, 0) is 0 Å². The van der Waals surface area contributed by atoms with Crippen LogP contribution < -0.4 is 10.6 Å². The van der Waals surface area contributed by atoms with Gasteiger partial charge >= 0.3 is 0 Å². The minimum atomic E-state index is -0.477. The number of benzene rings is 2. The van der Waals surface area contributed by atoms with E-state index in [-0.39, 0.29) is 16.6 Å². The number of nitrogens with one attached hydrogen (secondary N) is 2. The van der Waals surface area contributed by atoms with E-state index < -0.39 is 5.82 Å². The predicted molar refractivity (Wildman–Crippen MR) is 82.4 cm³/mol. The van der Waals surface area contributed by atoms with Crippen LogP contribution in [0.25, 0.3) is 0 Å². The maximum Gasteiger partial charge on any atom is 0.175 e. The molecule has 0 aromatic heterocycles. The second kappa shape index (κ2) is 6.15. The van der Waals surface area contributed by atoms with Crippen molar-refractivity contribution < 1.29 is 8.78 Å². The van der Waals surface area contributed by atoms with Crippen LogP contribution in [-0.4, -0.2) is 5.11 Å². The first kappa shape index (κ1) is 14.7. The summed E-state index contributed by atoms with van der Waals surface area (Å²) in [5.41, 5.74) is 1.11. The normalized spacial score (nSPS) is 10.2. The van der Waals surface area contributed by atoms with Gasteiger partial charge in [-0.1, -0.05) is 17.7 Å². The molecular weight excluding hydrogens is 302 g/mol. The van der Waals surface area contributed by atoms with Gasteiger partial charge in [0.2, 0.25) is 0 Å².